The molecule has 1 fully saturated rings. The molecule has 1 aromatic heterocycles. The van der Waals surface area contributed by atoms with Crippen molar-refractivity contribution in [3.8, 4) is 0 Å². The Hall–Kier alpha value is 0.0600. The van der Waals surface area contributed by atoms with Crippen molar-refractivity contribution in [3.05, 3.63) is 20.8 Å². The highest BCUT2D eigenvalue weighted by molar-refractivity contribution is 9.10. The van der Waals surface area contributed by atoms with Gasteiger partial charge in [0, 0.05) is 42.1 Å². The van der Waals surface area contributed by atoms with Gasteiger partial charge in [-0.1, -0.05) is 0 Å². The van der Waals surface area contributed by atoms with Gasteiger partial charge in [0.2, 0.25) is 0 Å². The summed E-state index contributed by atoms with van der Waals surface area (Å²) in [5.41, 5.74) is 3.47. The van der Waals surface area contributed by atoms with Gasteiger partial charge in [0.05, 0.1) is 0 Å². The molecule has 0 atom stereocenters. The number of nitrogens with zero attached hydrogens (tertiary/aromatic N) is 2. The molecular weight excluding hydrogens is 274 g/mol. The van der Waals surface area contributed by atoms with Gasteiger partial charge in [-0.3, -0.25) is 0 Å². The first-order chi connectivity index (χ1) is 7.25. The summed E-state index contributed by atoms with van der Waals surface area (Å²) >= 11 is 5.34. The maximum atomic E-state index is 3.54. The number of likely N-dealkylation sites (N-methyl/N-ethyl adjacent to an activating group) is 1. The molecule has 5 heteroatoms. The Bertz CT molecular complexity index is 307. The van der Waals surface area contributed by atoms with E-state index in [9.17, 15) is 0 Å². The van der Waals surface area contributed by atoms with Crippen molar-refractivity contribution in [2.45, 2.75) is 6.54 Å². The fourth-order valence-corrected chi connectivity index (χ4v) is 3.02. The number of thiophene rings is 1. The molecule has 0 aliphatic carbocycles. The largest absolute Gasteiger partial charge is 0.304 e. The van der Waals surface area contributed by atoms with Crippen molar-refractivity contribution in [3.63, 3.8) is 0 Å². The molecule has 0 saturated carbocycles. The Morgan fingerprint density at radius 1 is 1.40 bits per heavy atom. The summed E-state index contributed by atoms with van der Waals surface area (Å²) in [6.45, 7) is 5.46. The monoisotopic (exact) mass is 289 g/mol. The molecule has 0 unspecified atom stereocenters. The predicted molar refractivity (Wildman–Crippen MR) is 67.9 cm³/mol. The van der Waals surface area contributed by atoms with Crippen LogP contribution in [0.1, 0.15) is 4.88 Å². The van der Waals surface area contributed by atoms with Crippen molar-refractivity contribution in [2.24, 2.45) is 0 Å². The van der Waals surface area contributed by atoms with Crippen LogP contribution in [0, 0.1) is 0 Å². The quantitative estimate of drug-likeness (QED) is 0.915. The van der Waals surface area contributed by atoms with Crippen molar-refractivity contribution in [1.29, 1.82) is 0 Å². The molecule has 0 aromatic carbocycles. The Morgan fingerprint density at radius 2 is 2.13 bits per heavy atom. The summed E-state index contributed by atoms with van der Waals surface area (Å²) in [5, 5.41) is 4.43. The summed E-state index contributed by atoms with van der Waals surface area (Å²) in [5.74, 6) is 0. The number of rotatable bonds is 3. The highest BCUT2D eigenvalue weighted by atomic mass is 79.9. The lowest BCUT2D eigenvalue weighted by atomic mass is 10.4. The van der Waals surface area contributed by atoms with E-state index in [2.05, 4.69) is 49.8 Å². The lowest BCUT2D eigenvalue weighted by Gasteiger charge is -2.32. The van der Waals surface area contributed by atoms with E-state index in [4.69, 9.17) is 0 Å². The molecule has 0 bridgehead atoms. The van der Waals surface area contributed by atoms with Gasteiger partial charge in [-0.15, -0.1) is 11.3 Å². The molecular formula is C10H16BrN3S. The van der Waals surface area contributed by atoms with Gasteiger partial charge in [0.15, 0.2) is 0 Å². The first kappa shape index (κ1) is 11.5. The molecule has 1 saturated heterocycles. The molecule has 15 heavy (non-hydrogen) atoms. The molecule has 1 aliphatic rings. The van der Waals surface area contributed by atoms with Crippen molar-refractivity contribution in [2.75, 3.05) is 33.2 Å². The zero-order valence-corrected chi connectivity index (χ0v) is 11.3. The topological polar surface area (TPSA) is 18.5 Å². The first-order valence-electron chi connectivity index (χ1n) is 5.14. The lowest BCUT2D eigenvalue weighted by molar-refractivity contribution is 0.102. The fourth-order valence-electron chi connectivity index (χ4n) is 1.60. The number of piperazine rings is 1. The zero-order valence-electron chi connectivity index (χ0n) is 8.87. The van der Waals surface area contributed by atoms with Crippen LogP contribution in [0.4, 0.5) is 0 Å². The van der Waals surface area contributed by atoms with E-state index in [1.54, 1.807) is 11.3 Å². The average Bonchev–Trinajstić information content (AvgIpc) is 2.63. The van der Waals surface area contributed by atoms with Gasteiger partial charge < -0.3 is 4.90 Å². The van der Waals surface area contributed by atoms with Crippen molar-refractivity contribution >= 4 is 27.3 Å². The summed E-state index contributed by atoms with van der Waals surface area (Å²) in [7, 11) is 2.17. The summed E-state index contributed by atoms with van der Waals surface area (Å²) in [4.78, 5) is 3.73. The van der Waals surface area contributed by atoms with Crippen LogP contribution in [0.3, 0.4) is 0 Å². The standard InChI is InChI=1S/C10H16BrN3S/c1-13-3-5-14(6-4-13)12-8-10-9(11)2-7-15-10/h2,7,12H,3-6,8H2,1H3. The maximum Gasteiger partial charge on any atom is 0.0458 e. The Labute approximate surface area is 103 Å². The highest BCUT2D eigenvalue weighted by Crippen LogP contribution is 2.22. The highest BCUT2D eigenvalue weighted by Gasteiger charge is 2.13. The van der Waals surface area contributed by atoms with E-state index in [0.717, 1.165) is 32.7 Å². The summed E-state index contributed by atoms with van der Waals surface area (Å²) < 4.78 is 1.22. The smallest absolute Gasteiger partial charge is 0.0458 e. The summed E-state index contributed by atoms with van der Waals surface area (Å²) in [6.07, 6.45) is 0. The number of hydrogen-bond donors (Lipinski definition) is 1. The minimum absolute atomic E-state index is 0.933. The Kier molecular flexibility index (Phi) is 4.16. The van der Waals surface area contributed by atoms with Crippen LogP contribution >= 0.6 is 27.3 Å². The van der Waals surface area contributed by atoms with Gasteiger partial charge in [0.25, 0.3) is 0 Å². The number of halogens is 1. The number of hydrogen-bond acceptors (Lipinski definition) is 4. The van der Waals surface area contributed by atoms with Crippen LogP contribution in [-0.4, -0.2) is 43.1 Å². The van der Waals surface area contributed by atoms with Gasteiger partial charge in [-0.2, -0.15) is 0 Å². The molecule has 1 N–H and O–H groups in total. The van der Waals surface area contributed by atoms with Crippen LogP contribution in [0.2, 0.25) is 0 Å². The average molecular weight is 290 g/mol. The predicted octanol–water partition coefficient (Wildman–Crippen LogP) is 1.76. The van der Waals surface area contributed by atoms with Gasteiger partial charge in [0.1, 0.15) is 0 Å². The molecule has 3 nitrogen and oxygen atoms in total. The van der Waals surface area contributed by atoms with E-state index in [1.165, 1.54) is 9.35 Å². The third-order valence-electron chi connectivity index (χ3n) is 2.66. The van der Waals surface area contributed by atoms with Crippen LogP contribution in [0.25, 0.3) is 0 Å². The minimum Gasteiger partial charge on any atom is -0.304 e. The molecule has 1 aromatic rings. The molecule has 1 aliphatic heterocycles. The SMILES string of the molecule is CN1CCN(NCc2sccc2Br)CC1. The fraction of sp³-hybridized carbons (Fsp3) is 0.600. The summed E-state index contributed by atoms with van der Waals surface area (Å²) in [6, 6.07) is 2.10. The van der Waals surface area contributed by atoms with Crippen LogP contribution in [-0.2, 0) is 6.54 Å². The van der Waals surface area contributed by atoms with Crippen molar-refractivity contribution in [1.82, 2.24) is 15.3 Å². The van der Waals surface area contributed by atoms with Gasteiger partial charge in [-0.05, 0) is 34.4 Å². The van der Waals surface area contributed by atoms with E-state index >= 15 is 0 Å². The maximum absolute atomic E-state index is 3.54. The molecule has 84 valence electrons. The minimum atomic E-state index is 0.933. The number of hydrazine groups is 1. The normalized spacial score (nSPS) is 19.6. The number of nitrogens with one attached hydrogen (secondary N) is 1. The van der Waals surface area contributed by atoms with Gasteiger partial charge >= 0.3 is 0 Å². The molecule has 2 heterocycles. The van der Waals surface area contributed by atoms with Gasteiger partial charge in [-0.25, -0.2) is 10.4 Å². The molecule has 0 spiro atoms. The second-order valence-corrected chi connectivity index (χ2v) is 5.67. The second-order valence-electron chi connectivity index (χ2n) is 3.82. The van der Waals surface area contributed by atoms with Crippen molar-refractivity contribution < 1.29 is 0 Å². The van der Waals surface area contributed by atoms with Crippen LogP contribution < -0.4 is 5.43 Å². The van der Waals surface area contributed by atoms with Crippen LogP contribution in [0.15, 0.2) is 15.9 Å². The Morgan fingerprint density at radius 3 is 2.73 bits per heavy atom. The third-order valence-corrected chi connectivity index (χ3v) is 4.58. The van der Waals surface area contributed by atoms with E-state index in [0.29, 0.717) is 0 Å². The third kappa shape index (κ3) is 3.26. The van der Waals surface area contributed by atoms with Crippen LogP contribution in [0.5, 0.6) is 0 Å². The van der Waals surface area contributed by atoms with E-state index in [1.807, 2.05) is 0 Å². The first-order valence-corrected chi connectivity index (χ1v) is 6.82. The van der Waals surface area contributed by atoms with E-state index < -0.39 is 0 Å². The molecule has 0 radical (unpaired) electrons. The zero-order chi connectivity index (χ0) is 10.7. The molecule has 0 amide bonds. The second kappa shape index (κ2) is 5.41. The molecule has 2 rings (SSSR count). The lowest BCUT2D eigenvalue weighted by Crippen LogP contribution is -2.50. The van der Waals surface area contributed by atoms with E-state index in [-0.39, 0.29) is 0 Å². The Balaban J connectivity index is 1.77.